The van der Waals surface area contributed by atoms with Gasteiger partial charge in [0.05, 0.1) is 6.10 Å². The number of aliphatic hydroxyl groups is 1. The second-order valence-corrected chi connectivity index (χ2v) is 3.99. The molecule has 60 valence electrons. The van der Waals surface area contributed by atoms with Crippen LogP contribution in [0.4, 0.5) is 0 Å². The minimum absolute atomic E-state index is 0.168. The molecule has 0 aromatic carbocycles. The number of thioether (sulfide) groups is 1. The second kappa shape index (κ2) is 3.60. The number of rotatable bonds is 1. The number of nitrogens with two attached hydrogens (primary N) is 1. The van der Waals surface area contributed by atoms with Gasteiger partial charge < -0.3 is 10.8 Å². The summed E-state index contributed by atoms with van der Waals surface area (Å²) in [4.78, 5) is 0. The van der Waals surface area contributed by atoms with Gasteiger partial charge in [0.1, 0.15) is 0 Å². The van der Waals surface area contributed by atoms with Crippen molar-refractivity contribution in [3.05, 3.63) is 0 Å². The Bertz CT molecular complexity index is 110. The molecule has 1 aliphatic rings. The molecule has 1 aliphatic carbocycles. The maximum Gasteiger partial charge on any atom is 0.0673 e. The number of aliphatic hydroxyl groups excluding tert-OH is 1. The van der Waals surface area contributed by atoms with Crippen molar-refractivity contribution in [1.82, 2.24) is 0 Å². The van der Waals surface area contributed by atoms with Crippen molar-refractivity contribution in [2.45, 2.75) is 36.7 Å². The fourth-order valence-electron chi connectivity index (χ4n) is 1.43. The fraction of sp³-hybridized carbons (Fsp3) is 1.00. The summed E-state index contributed by atoms with van der Waals surface area (Å²) in [6, 6.07) is 0.235. The van der Waals surface area contributed by atoms with Crippen LogP contribution in [-0.2, 0) is 0 Å². The van der Waals surface area contributed by atoms with E-state index in [0.29, 0.717) is 5.25 Å². The van der Waals surface area contributed by atoms with Crippen LogP contribution in [0.2, 0.25) is 0 Å². The highest BCUT2D eigenvalue weighted by Crippen LogP contribution is 2.26. The molecule has 0 radical (unpaired) electrons. The molecule has 0 heterocycles. The molecule has 0 spiro atoms. The standard InChI is InChI=1S/C7H15NOS/c1-10-7-3-2-5(8)4-6(7)9/h5-7,9H,2-4,8H2,1H3/t5-,6-,7-/m1/s1. The number of hydrogen-bond donors (Lipinski definition) is 2. The smallest absolute Gasteiger partial charge is 0.0673 e. The van der Waals surface area contributed by atoms with Gasteiger partial charge in [0.2, 0.25) is 0 Å². The highest BCUT2D eigenvalue weighted by molar-refractivity contribution is 7.99. The van der Waals surface area contributed by atoms with E-state index >= 15 is 0 Å². The summed E-state index contributed by atoms with van der Waals surface area (Å²) in [7, 11) is 0. The van der Waals surface area contributed by atoms with Crippen LogP contribution in [0, 0.1) is 0 Å². The molecular weight excluding hydrogens is 146 g/mol. The highest BCUT2D eigenvalue weighted by atomic mass is 32.2. The first-order valence-electron chi connectivity index (χ1n) is 3.70. The maximum absolute atomic E-state index is 9.44. The van der Waals surface area contributed by atoms with Crippen molar-refractivity contribution in [3.63, 3.8) is 0 Å². The van der Waals surface area contributed by atoms with E-state index in [9.17, 15) is 5.11 Å². The van der Waals surface area contributed by atoms with Gasteiger partial charge in [-0.15, -0.1) is 0 Å². The summed E-state index contributed by atoms with van der Waals surface area (Å²) in [6.45, 7) is 0. The minimum atomic E-state index is -0.168. The third-order valence-corrected chi connectivity index (χ3v) is 3.25. The van der Waals surface area contributed by atoms with Crippen LogP contribution in [0.3, 0.4) is 0 Å². The first kappa shape index (κ1) is 8.37. The maximum atomic E-state index is 9.44. The van der Waals surface area contributed by atoms with Crippen LogP contribution in [0.25, 0.3) is 0 Å². The van der Waals surface area contributed by atoms with Gasteiger partial charge in [-0.2, -0.15) is 11.8 Å². The molecule has 0 aromatic heterocycles. The SMILES string of the molecule is CS[C@@H]1CC[C@@H](N)C[C@H]1O. The normalized spacial score (nSPS) is 41.7. The van der Waals surface area contributed by atoms with Gasteiger partial charge in [0, 0.05) is 11.3 Å². The monoisotopic (exact) mass is 161 g/mol. The zero-order chi connectivity index (χ0) is 7.56. The lowest BCUT2D eigenvalue weighted by Gasteiger charge is -2.29. The van der Waals surface area contributed by atoms with Crippen LogP contribution < -0.4 is 5.73 Å². The third-order valence-electron chi connectivity index (χ3n) is 2.10. The van der Waals surface area contributed by atoms with Gasteiger partial charge in [-0.25, -0.2) is 0 Å². The van der Waals surface area contributed by atoms with Gasteiger partial charge in [-0.05, 0) is 25.5 Å². The van der Waals surface area contributed by atoms with Gasteiger partial charge in [0.15, 0.2) is 0 Å². The zero-order valence-corrected chi connectivity index (χ0v) is 7.10. The molecule has 10 heavy (non-hydrogen) atoms. The summed E-state index contributed by atoms with van der Waals surface area (Å²) in [6.07, 6.45) is 4.81. The Kier molecular flexibility index (Phi) is 3.01. The predicted octanol–water partition coefficient (Wildman–Crippen LogP) is 0.590. The molecule has 1 fully saturated rings. The molecule has 3 heteroatoms. The highest BCUT2D eigenvalue weighted by Gasteiger charge is 2.25. The molecule has 3 atom stereocenters. The van der Waals surface area contributed by atoms with Gasteiger partial charge in [-0.1, -0.05) is 0 Å². The lowest BCUT2D eigenvalue weighted by molar-refractivity contribution is 0.127. The summed E-state index contributed by atoms with van der Waals surface area (Å²) in [5.74, 6) is 0. The zero-order valence-electron chi connectivity index (χ0n) is 6.29. The summed E-state index contributed by atoms with van der Waals surface area (Å²) >= 11 is 1.75. The molecule has 0 aliphatic heterocycles. The molecule has 0 aromatic rings. The van der Waals surface area contributed by atoms with E-state index in [1.54, 1.807) is 11.8 Å². The Hall–Kier alpha value is 0.270. The molecule has 3 N–H and O–H groups in total. The minimum Gasteiger partial charge on any atom is -0.392 e. The third kappa shape index (κ3) is 1.87. The van der Waals surface area contributed by atoms with Gasteiger partial charge in [0.25, 0.3) is 0 Å². The molecule has 1 rings (SSSR count). The molecule has 0 bridgehead atoms. The topological polar surface area (TPSA) is 46.2 Å². The fourth-order valence-corrected chi connectivity index (χ4v) is 2.22. The Morgan fingerprint density at radius 1 is 1.50 bits per heavy atom. The van der Waals surface area contributed by atoms with E-state index in [1.165, 1.54) is 0 Å². The van der Waals surface area contributed by atoms with E-state index in [0.717, 1.165) is 19.3 Å². The molecule has 0 unspecified atom stereocenters. The quantitative estimate of drug-likeness (QED) is 0.591. The Labute approximate surface area is 66.2 Å². The Morgan fingerprint density at radius 2 is 2.20 bits per heavy atom. The first-order valence-corrected chi connectivity index (χ1v) is 4.99. The van der Waals surface area contributed by atoms with E-state index < -0.39 is 0 Å². The molecule has 0 amide bonds. The van der Waals surface area contributed by atoms with Crippen molar-refractivity contribution in [1.29, 1.82) is 0 Å². The molecule has 0 saturated heterocycles. The molecule has 1 saturated carbocycles. The average molecular weight is 161 g/mol. The van der Waals surface area contributed by atoms with E-state index in [1.807, 2.05) is 6.26 Å². The predicted molar refractivity (Wildman–Crippen MR) is 45.1 cm³/mol. The van der Waals surface area contributed by atoms with E-state index in [-0.39, 0.29) is 12.1 Å². The van der Waals surface area contributed by atoms with Crippen LogP contribution in [-0.4, -0.2) is 28.8 Å². The summed E-state index contributed by atoms with van der Waals surface area (Å²) in [5, 5.41) is 9.87. The van der Waals surface area contributed by atoms with Crippen LogP contribution >= 0.6 is 11.8 Å². The number of hydrogen-bond acceptors (Lipinski definition) is 3. The molecule has 2 nitrogen and oxygen atoms in total. The lowest BCUT2D eigenvalue weighted by atomic mass is 9.93. The van der Waals surface area contributed by atoms with E-state index in [2.05, 4.69) is 0 Å². The van der Waals surface area contributed by atoms with Gasteiger partial charge >= 0.3 is 0 Å². The largest absolute Gasteiger partial charge is 0.392 e. The lowest BCUT2D eigenvalue weighted by Crippen LogP contribution is -2.38. The van der Waals surface area contributed by atoms with E-state index in [4.69, 9.17) is 5.73 Å². The Balaban J connectivity index is 2.36. The first-order chi connectivity index (χ1) is 4.74. The second-order valence-electron chi connectivity index (χ2n) is 2.91. The van der Waals surface area contributed by atoms with Crippen LogP contribution in [0.5, 0.6) is 0 Å². The van der Waals surface area contributed by atoms with Gasteiger partial charge in [-0.3, -0.25) is 0 Å². The molecular formula is C7H15NOS. The van der Waals surface area contributed by atoms with Crippen LogP contribution in [0.15, 0.2) is 0 Å². The van der Waals surface area contributed by atoms with Crippen molar-refractivity contribution in [2.75, 3.05) is 6.26 Å². The summed E-state index contributed by atoms with van der Waals surface area (Å²) < 4.78 is 0. The van der Waals surface area contributed by atoms with Crippen LogP contribution in [0.1, 0.15) is 19.3 Å². The average Bonchev–Trinajstić information content (AvgIpc) is 1.88. The summed E-state index contributed by atoms with van der Waals surface area (Å²) in [5.41, 5.74) is 5.67. The van der Waals surface area contributed by atoms with Crippen molar-refractivity contribution >= 4 is 11.8 Å². The Morgan fingerprint density at radius 3 is 2.70 bits per heavy atom. The van der Waals surface area contributed by atoms with Crippen molar-refractivity contribution in [3.8, 4) is 0 Å². The van der Waals surface area contributed by atoms with Crippen molar-refractivity contribution < 1.29 is 5.11 Å². The van der Waals surface area contributed by atoms with Crippen molar-refractivity contribution in [2.24, 2.45) is 5.73 Å².